The van der Waals surface area contributed by atoms with E-state index in [9.17, 15) is 23.4 Å². The molecule has 0 aliphatic heterocycles. The fraction of sp³-hybridized carbons (Fsp3) is 0.400. The predicted octanol–water partition coefficient (Wildman–Crippen LogP) is 1.83. The number of rotatable bonds is 3. The van der Waals surface area contributed by atoms with Crippen molar-refractivity contribution >= 4 is 12.4 Å². The van der Waals surface area contributed by atoms with E-state index < -0.39 is 30.5 Å². The average molecular weight is 288 g/mol. The molecule has 0 saturated heterocycles. The summed E-state index contributed by atoms with van der Waals surface area (Å²) < 4.78 is 36.5. The highest BCUT2D eigenvalue weighted by Gasteiger charge is 2.38. The van der Waals surface area contributed by atoms with Gasteiger partial charge in [0, 0.05) is 18.1 Å². The number of alkyl halides is 3. The maximum atomic E-state index is 12.2. The van der Waals surface area contributed by atoms with E-state index in [1.54, 1.807) is 0 Å². The van der Waals surface area contributed by atoms with Crippen LogP contribution in [0.25, 0.3) is 0 Å². The van der Waals surface area contributed by atoms with Gasteiger partial charge in [-0.1, -0.05) is 0 Å². The number of hydrogen-bond donors (Lipinski definition) is 4. The minimum Gasteiger partial charge on any atom is -0.508 e. The van der Waals surface area contributed by atoms with E-state index in [2.05, 4.69) is 0 Å². The van der Waals surface area contributed by atoms with Gasteiger partial charge < -0.3 is 21.1 Å². The van der Waals surface area contributed by atoms with Crippen LogP contribution in [-0.2, 0) is 0 Å². The minimum atomic E-state index is -4.60. The van der Waals surface area contributed by atoms with Gasteiger partial charge in [0.1, 0.15) is 17.5 Å². The summed E-state index contributed by atoms with van der Waals surface area (Å²) >= 11 is 0. The molecule has 0 aliphatic carbocycles. The van der Waals surface area contributed by atoms with Crippen LogP contribution in [0.4, 0.5) is 13.2 Å². The van der Waals surface area contributed by atoms with Gasteiger partial charge in [-0.25, -0.2) is 0 Å². The van der Waals surface area contributed by atoms with Crippen molar-refractivity contribution in [1.29, 1.82) is 0 Å². The van der Waals surface area contributed by atoms with Gasteiger partial charge in [-0.3, -0.25) is 0 Å². The van der Waals surface area contributed by atoms with Crippen molar-refractivity contribution in [3.05, 3.63) is 23.8 Å². The molecule has 4 nitrogen and oxygen atoms in total. The number of aliphatic hydroxyl groups is 1. The number of aliphatic hydroxyl groups excluding tert-OH is 1. The Morgan fingerprint density at radius 2 is 1.78 bits per heavy atom. The molecule has 2 atom stereocenters. The highest BCUT2D eigenvalue weighted by atomic mass is 35.5. The molecule has 1 aromatic rings. The van der Waals surface area contributed by atoms with Crippen molar-refractivity contribution in [2.75, 3.05) is 0 Å². The summed E-state index contributed by atoms with van der Waals surface area (Å²) in [5, 5.41) is 27.8. The Bertz CT molecular complexity index is 400. The molecule has 1 aromatic carbocycles. The lowest BCUT2D eigenvalue weighted by Gasteiger charge is -2.19. The molecular formula is C10H13ClF3NO3. The smallest absolute Gasteiger partial charge is 0.403 e. The summed E-state index contributed by atoms with van der Waals surface area (Å²) in [5.41, 5.74) is 4.74. The molecule has 0 aliphatic rings. The molecule has 8 heteroatoms. The van der Waals surface area contributed by atoms with Gasteiger partial charge in [-0.15, -0.1) is 12.4 Å². The quantitative estimate of drug-likeness (QED) is 0.683. The van der Waals surface area contributed by atoms with Crippen LogP contribution in [-0.4, -0.2) is 27.5 Å². The number of phenolic OH excluding ortho intramolecular Hbond substituents is 2. The van der Waals surface area contributed by atoms with Gasteiger partial charge in [-0.2, -0.15) is 13.2 Å². The summed E-state index contributed by atoms with van der Waals surface area (Å²) in [6.45, 7) is 0. The number of hydrogen-bond acceptors (Lipinski definition) is 4. The molecule has 0 aromatic heterocycles. The van der Waals surface area contributed by atoms with Crippen LogP contribution >= 0.6 is 12.4 Å². The van der Waals surface area contributed by atoms with Crippen LogP contribution < -0.4 is 5.73 Å². The van der Waals surface area contributed by atoms with Crippen molar-refractivity contribution in [2.45, 2.75) is 24.7 Å². The lowest BCUT2D eigenvalue weighted by molar-refractivity contribution is -0.153. The fourth-order valence-corrected chi connectivity index (χ4v) is 1.31. The second-order valence-electron chi connectivity index (χ2n) is 3.64. The third kappa shape index (κ3) is 4.25. The van der Waals surface area contributed by atoms with E-state index in [4.69, 9.17) is 10.8 Å². The van der Waals surface area contributed by atoms with Crippen LogP contribution in [0.3, 0.4) is 0 Å². The molecule has 0 spiro atoms. The zero-order valence-corrected chi connectivity index (χ0v) is 9.87. The van der Waals surface area contributed by atoms with E-state index in [-0.39, 0.29) is 23.7 Å². The summed E-state index contributed by atoms with van der Waals surface area (Å²) in [6, 6.07) is 1.04. The Morgan fingerprint density at radius 3 is 2.22 bits per heavy atom. The van der Waals surface area contributed by atoms with Gasteiger partial charge in [0.15, 0.2) is 0 Å². The monoisotopic (exact) mass is 287 g/mol. The van der Waals surface area contributed by atoms with E-state index in [0.717, 1.165) is 18.2 Å². The first-order chi connectivity index (χ1) is 7.71. The zero-order chi connectivity index (χ0) is 13.2. The molecule has 1 rings (SSSR count). The van der Waals surface area contributed by atoms with Gasteiger partial charge >= 0.3 is 6.18 Å². The van der Waals surface area contributed by atoms with Crippen LogP contribution in [0.2, 0.25) is 0 Å². The van der Waals surface area contributed by atoms with Crippen LogP contribution in [0.15, 0.2) is 18.2 Å². The first-order valence-electron chi connectivity index (χ1n) is 4.74. The predicted molar refractivity (Wildman–Crippen MR) is 60.6 cm³/mol. The van der Waals surface area contributed by atoms with Gasteiger partial charge in [0.25, 0.3) is 0 Å². The molecule has 0 unspecified atom stereocenters. The summed E-state index contributed by atoms with van der Waals surface area (Å²) in [5.74, 6) is -0.731. The van der Waals surface area contributed by atoms with Crippen molar-refractivity contribution in [3.8, 4) is 11.5 Å². The van der Waals surface area contributed by atoms with E-state index in [0.29, 0.717) is 0 Å². The second kappa shape index (κ2) is 6.12. The molecule has 5 N–H and O–H groups in total. The van der Waals surface area contributed by atoms with E-state index in [1.807, 2.05) is 0 Å². The Kier molecular flexibility index (Phi) is 5.72. The van der Waals surface area contributed by atoms with Gasteiger partial charge in [-0.05, 0) is 12.1 Å². The van der Waals surface area contributed by atoms with Crippen LogP contribution in [0.1, 0.15) is 18.1 Å². The topological polar surface area (TPSA) is 86.7 Å². The molecule has 18 heavy (non-hydrogen) atoms. The lowest BCUT2D eigenvalue weighted by Crippen LogP contribution is -2.38. The normalized spacial score (nSPS) is 14.7. The molecule has 0 fully saturated rings. The van der Waals surface area contributed by atoms with Crippen LogP contribution in [0.5, 0.6) is 11.5 Å². The molecular weight excluding hydrogens is 275 g/mol. The molecule has 104 valence electrons. The minimum absolute atomic E-state index is 0. The summed E-state index contributed by atoms with van der Waals surface area (Å²) in [4.78, 5) is 0. The Hall–Kier alpha value is -1.18. The molecule has 0 bridgehead atoms. The van der Waals surface area contributed by atoms with Gasteiger partial charge in [0.05, 0.1) is 6.10 Å². The van der Waals surface area contributed by atoms with Crippen molar-refractivity contribution in [3.63, 3.8) is 0 Å². The fourth-order valence-electron chi connectivity index (χ4n) is 1.31. The Balaban J connectivity index is 0.00000289. The molecule has 0 heterocycles. The van der Waals surface area contributed by atoms with Crippen molar-refractivity contribution < 1.29 is 28.5 Å². The third-order valence-electron chi connectivity index (χ3n) is 2.27. The highest BCUT2D eigenvalue weighted by Crippen LogP contribution is 2.32. The second-order valence-corrected chi connectivity index (χ2v) is 3.64. The maximum absolute atomic E-state index is 12.2. The Morgan fingerprint density at radius 1 is 1.22 bits per heavy atom. The SMILES string of the molecule is Cl.N[C@H](C[C@H](O)c1ccc(O)cc1O)C(F)(F)F. The number of nitrogens with two attached hydrogens (primary N) is 1. The highest BCUT2D eigenvalue weighted by molar-refractivity contribution is 5.85. The standard InChI is InChI=1S/C10H12F3NO3.ClH/c11-10(12,13)9(14)4-8(17)6-2-1-5(15)3-7(6)16;/h1-3,8-9,15-17H,4,14H2;1H/t8-,9+;/m0./s1. The van der Waals surface area contributed by atoms with Crippen molar-refractivity contribution in [1.82, 2.24) is 0 Å². The summed E-state index contributed by atoms with van der Waals surface area (Å²) in [7, 11) is 0. The number of phenols is 2. The van der Waals surface area contributed by atoms with Gasteiger partial charge in [0.2, 0.25) is 0 Å². The van der Waals surface area contributed by atoms with E-state index in [1.165, 1.54) is 0 Å². The zero-order valence-electron chi connectivity index (χ0n) is 9.05. The first kappa shape index (κ1) is 16.8. The van der Waals surface area contributed by atoms with E-state index >= 15 is 0 Å². The van der Waals surface area contributed by atoms with Crippen molar-refractivity contribution in [2.24, 2.45) is 5.73 Å². The molecule has 0 saturated carbocycles. The van der Waals surface area contributed by atoms with Crippen LogP contribution in [0, 0.1) is 0 Å². The number of halogens is 4. The number of aromatic hydroxyl groups is 2. The first-order valence-corrected chi connectivity index (χ1v) is 4.74. The Labute approximate surface area is 107 Å². The number of benzene rings is 1. The summed E-state index contributed by atoms with van der Waals surface area (Å²) in [6.07, 6.45) is -6.91. The largest absolute Gasteiger partial charge is 0.508 e. The third-order valence-corrected chi connectivity index (χ3v) is 2.27. The molecule has 0 amide bonds. The molecule has 0 radical (unpaired) electrons. The average Bonchev–Trinajstić information content (AvgIpc) is 2.15. The lowest BCUT2D eigenvalue weighted by atomic mass is 10.0. The maximum Gasteiger partial charge on any atom is 0.403 e.